The summed E-state index contributed by atoms with van der Waals surface area (Å²) in [7, 11) is 4.89. The molecular weight excluding hydrogens is 602 g/mol. The van der Waals surface area contributed by atoms with E-state index >= 15 is 0 Å². The monoisotopic (exact) mass is 635 g/mol. The van der Waals surface area contributed by atoms with Crippen molar-refractivity contribution in [2.75, 3.05) is 26.5 Å². The summed E-state index contributed by atoms with van der Waals surface area (Å²) in [6.07, 6.45) is -3.51. The van der Waals surface area contributed by atoms with E-state index < -0.39 is 35.4 Å². The molecule has 4 rings (SSSR count). The van der Waals surface area contributed by atoms with Gasteiger partial charge in [0.05, 0.1) is 18.3 Å². The summed E-state index contributed by atoms with van der Waals surface area (Å²) in [6.45, 7) is 7.10. The molecule has 1 aromatic heterocycles. The highest BCUT2D eigenvalue weighted by Gasteiger charge is 2.32. The Hall–Kier alpha value is -5.10. The van der Waals surface area contributed by atoms with Gasteiger partial charge in [-0.3, -0.25) is 19.0 Å². The van der Waals surface area contributed by atoms with E-state index in [1.165, 1.54) is 33.9 Å². The molecule has 12 heteroatoms. The van der Waals surface area contributed by atoms with Crippen molar-refractivity contribution in [1.82, 2.24) is 19.8 Å². The number of aryl methyl sites for hydroxylation is 1. The molecule has 2 N–H and O–H groups in total. The SMILES string of the molecule is C=C(Nc1cnc(-c2cc(C(=O)N(C)C)ccc2C)n(Cc2cc(C(=O)c3ccc(F)cc3)cc(C(F)(F)F)c2)c1=O)[C@H](C)NC. The zero-order valence-corrected chi connectivity index (χ0v) is 25.9. The van der Waals surface area contributed by atoms with Crippen LogP contribution in [0.1, 0.15) is 49.9 Å². The number of anilines is 1. The number of benzene rings is 3. The molecule has 0 aliphatic carbocycles. The van der Waals surface area contributed by atoms with Gasteiger partial charge in [0.15, 0.2) is 5.78 Å². The number of likely N-dealkylation sites (N-methyl/N-ethyl adjacent to an activating group) is 1. The molecule has 8 nitrogen and oxygen atoms in total. The van der Waals surface area contributed by atoms with Gasteiger partial charge in [0.25, 0.3) is 11.5 Å². The first-order chi connectivity index (χ1) is 21.6. The minimum atomic E-state index is -4.82. The first-order valence-corrected chi connectivity index (χ1v) is 14.2. The fourth-order valence-corrected chi connectivity index (χ4v) is 4.68. The third kappa shape index (κ3) is 7.40. The molecule has 0 fully saturated rings. The summed E-state index contributed by atoms with van der Waals surface area (Å²) < 4.78 is 56.9. The van der Waals surface area contributed by atoms with E-state index in [1.54, 1.807) is 46.3 Å². The number of carbonyl (C=O) groups excluding carboxylic acids is 2. The van der Waals surface area contributed by atoms with E-state index in [9.17, 15) is 31.9 Å². The molecule has 0 spiro atoms. The Kier molecular flexibility index (Phi) is 9.91. The van der Waals surface area contributed by atoms with Gasteiger partial charge in [-0.1, -0.05) is 12.6 Å². The van der Waals surface area contributed by atoms with E-state index in [4.69, 9.17) is 0 Å². The van der Waals surface area contributed by atoms with Gasteiger partial charge in [-0.15, -0.1) is 0 Å². The van der Waals surface area contributed by atoms with Crippen LogP contribution in [0.25, 0.3) is 11.4 Å². The van der Waals surface area contributed by atoms with Crippen LogP contribution >= 0.6 is 0 Å². The van der Waals surface area contributed by atoms with Crippen LogP contribution in [0.2, 0.25) is 0 Å². The van der Waals surface area contributed by atoms with E-state index in [0.29, 0.717) is 22.4 Å². The van der Waals surface area contributed by atoms with Gasteiger partial charge in [0.1, 0.15) is 17.3 Å². The van der Waals surface area contributed by atoms with Gasteiger partial charge in [0, 0.05) is 48.1 Å². The lowest BCUT2D eigenvalue weighted by Crippen LogP contribution is -2.31. The molecule has 0 saturated carbocycles. The lowest BCUT2D eigenvalue weighted by Gasteiger charge is -2.20. The molecule has 3 aromatic carbocycles. The molecule has 0 radical (unpaired) electrons. The minimum absolute atomic E-state index is 0.00689. The van der Waals surface area contributed by atoms with Crippen LogP contribution in [0.5, 0.6) is 0 Å². The topological polar surface area (TPSA) is 96.3 Å². The number of rotatable bonds is 10. The van der Waals surface area contributed by atoms with Crippen molar-refractivity contribution < 1.29 is 27.2 Å². The zero-order valence-electron chi connectivity index (χ0n) is 25.9. The molecule has 0 bridgehead atoms. The molecule has 4 aromatic rings. The minimum Gasteiger partial charge on any atom is -0.352 e. The Labute approximate surface area is 263 Å². The van der Waals surface area contributed by atoms with Crippen molar-refractivity contribution in [2.24, 2.45) is 0 Å². The largest absolute Gasteiger partial charge is 0.416 e. The third-order valence-corrected chi connectivity index (χ3v) is 7.46. The third-order valence-electron chi connectivity index (χ3n) is 7.46. The second-order valence-corrected chi connectivity index (χ2v) is 11.0. The van der Waals surface area contributed by atoms with Crippen molar-refractivity contribution in [3.8, 4) is 11.4 Å². The Morgan fingerprint density at radius 2 is 1.65 bits per heavy atom. The van der Waals surface area contributed by atoms with Crippen LogP contribution in [0.15, 0.2) is 83.9 Å². The van der Waals surface area contributed by atoms with E-state index in [1.807, 2.05) is 6.92 Å². The van der Waals surface area contributed by atoms with Crippen LogP contribution in [0, 0.1) is 12.7 Å². The van der Waals surface area contributed by atoms with Crippen molar-refractivity contribution in [1.29, 1.82) is 0 Å². The van der Waals surface area contributed by atoms with Crippen LogP contribution in [0.4, 0.5) is 23.2 Å². The average molecular weight is 636 g/mol. The molecule has 46 heavy (non-hydrogen) atoms. The highest BCUT2D eigenvalue weighted by molar-refractivity contribution is 6.09. The molecular formula is C34H33F4N5O3. The average Bonchev–Trinajstić information content (AvgIpc) is 3.02. The Morgan fingerprint density at radius 1 is 1.00 bits per heavy atom. The van der Waals surface area contributed by atoms with Crippen LogP contribution in [-0.2, 0) is 12.7 Å². The highest BCUT2D eigenvalue weighted by Crippen LogP contribution is 2.32. The van der Waals surface area contributed by atoms with Crippen molar-refractivity contribution in [3.05, 3.63) is 129 Å². The quantitative estimate of drug-likeness (QED) is 0.167. The van der Waals surface area contributed by atoms with E-state index in [0.717, 1.165) is 24.3 Å². The number of hydrogen-bond acceptors (Lipinski definition) is 6. The van der Waals surface area contributed by atoms with Crippen molar-refractivity contribution >= 4 is 17.4 Å². The molecule has 0 unspecified atom stereocenters. The molecule has 1 amide bonds. The lowest BCUT2D eigenvalue weighted by molar-refractivity contribution is -0.137. The van der Waals surface area contributed by atoms with Gasteiger partial charge < -0.3 is 15.5 Å². The standard InChI is InChI=1S/C34H33F4N5O3/c1-19-7-8-24(32(45)42(5)6)16-28(19)31-40-17-29(41-21(3)20(2)39-4)33(46)43(31)18-22-13-25(15-26(14-22)34(36,37)38)30(44)23-9-11-27(35)12-10-23/h7-17,20,39,41H,3,18H2,1-2,4-6H3/t20-/m0/s1. The number of amides is 1. The highest BCUT2D eigenvalue weighted by atomic mass is 19.4. The number of carbonyl (C=O) groups is 2. The summed E-state index contributed by atoms with van der Waals surface area (Å²) in [5, 5.41) is 5.93. The van der Waals surface area contributed by atoms with Crippen LogP contribution in [0.3, 0.4) is 0 Å². The lowest BCUT2D eigenvalue weighted by atomic mass is 9.98. The van der Waals surface area contributed by atoms with Gasteiger partial charge >= 0.3 is 6.18 Å². The maximum atomic E-state index is 14.1. The maximum absolute atomic E-state index is 14.1. The van der Waals surface area contributed by atoms with Gasteiger partial charge in [-0.05, 0) is 86.6 Å². The molecule has 240 valence electrons. The second kappa shape index (κ2) is 13.5. The molecule has 0 saturated heterocycles. The predicted octanol–water partition coefficient (Wildman–Crippen LogP) is 5.89. The predicted molar refractivity (Wildman–Crippen MR) is 168 cm³/mol. The second-order valence-electron chi connectivity index (χ2n) is 11.0. The van der Waals surface area contributed by atoms with Crippen molar-refractivity contribution in [3.63, 3.8) is 0 Å². The van der Waals surface area contributed by atoms with Gasteiger partial charge in [0.2, 0.25) is 0 Å². The molecule has 1 heterocycles. The first kappa shape index (κ1) is 33.8. The smallest absolute Gasteiger partial charge is 0.352 e. The Bertz CT molecular complexity index is 1860. The maximum Gasteiger partial charge on any atom is 0.416 e. The molecule has 0 aliphatic heterocycles. The Balaban J connectivity index is 1.93. The summed E-state index contributed by atoms with van der Waals surface area (Å²) in [4.78, 5) is 45.9. The number of hydrogen-bond donors (Lipinski definition) is 2. The first-order valence-electron chi connectivity index (χ1n) is 14.2. The number of halogens is 4. The van der Waals surface area contributed by atoms with Crippen LogP contribution in [-0.4, -0.2) is 53.3 Å². The fraction of sp³-hybridized carbons (Fsp3) is 0.235. The number of ketones is 1. The van der Waals surface area contributed by atoms with E-state index in [2.05, 4.69) is 22.2 Å². The number of alkyl halides is 3. The fourth-order valence-electron chi connectivity index (χ4n) is 4.68. The van der Waals surface area contributed by atoms with E-state index in [-0.39, 0.29) is 40.2 Å². The summed E-state index contributed by atoms with van der Waals surface area (Å²) in [6, 6.07) is 11.9. The Morgan fingerprint density at radius 3 is 2.26 bits per heavy atom. The van der Waals surface area contributed by atoms with Gasteiger partial charge in [-0.2, -0.15) is 13.2 Å². The molecule has 0 aliphatic rings. The number of nitrogens with one attached hydrogen (secondary N) is 2. The zero-order chi connectivity index (χ0) is 33.9. The summed E-state index contributed by atoms with van der Waals surface area (Å²) >= 11 is 0. The van der Waals surface area contributed by atoms with Gasteiger partial charge in [-0.25, -0.2) is 9.37 Å². The normalized spacial score (nSPS) is 12.0. The van der Waals surface area contributed by atoms with Crippen molar-refractivity contribution in [2.45, 2.75) is 32.6 Å². The van der Waals surface area contributed by atoms with Crippen LogP contribution < -0.4 is 16.2 Å². The summed E-state index contributed by atoms with van der Waals surface area (Å²) in [5.41, 5.74) is -0.189. The number of nitrogens with zero attached hydrogens (tertiary/aromatic N) is 3. The number of aromatic nitrogens is 2. The summed E-state index contributed by atoms with van der Waals surface area (Å²) in [5.74, 6) is -1.56. The molecule has 1 atom stereocenters.